The fraction of sp³-hybridized carbons (Fsp3) is 0.267. The Morgan fingerprint density at radius 2 is 1.84 bits per heavy atom. The molecule has 0 saturated carbocycles. The van der Waals surface area contributed by atoms with Gasteiger partial charge in [0.1, 0.15) is 0 Å². The summed E-state index contributed by atoms with van der Waals surface area (Å²) in [5, 5.41) is 5.18. The molecular weight excluding hydrogens is 498 g/mol. The molecule has 7 nitrogen and oxygen atoms in total. The minimum Gasteiger partial charge on any atom is -0.339 e. The van der Waals surface area contributed by atoms with Crippen molar-refractivity contribution in [2.75, 3.05) is 4.72 Å². The zero-order valence-corrected chi connectivity index (χ0v) is 17.1. The number of nitrogens with zero attached hydrogens (tertiary/aromatic N) is 3. The number of nitrogens with one attached hydrogen (secondary N) is 1. The molecule has 0 saturated heterocycles. The Bertz CT molecular complexity index is 1190. The Kier molecular flexibility index (Phi) is 6.21. The fourth-order valence-electron chi connectivity index (χ4n) is 2.19. The van der Waals surface area contributed by atoms with E-state index < -0.39 is 40.2 Å². The zero-order chi connectivity index (χ0) is 23.0. The van der Waals surface area contributed by atoms with Crippen LogP contribution < -0.4 is 4.72 Å². The molecule has 16 heteroatoms. The summed E-state index contributed by atoms with van der Waals surface area (Å²) in [5.74, 6) is -0.262. The van der Waals surface area contributed by atoms with Crippen LogP contribution in [-0.2, 0) is 16.4 Å². The van der Waals surface area contributed by atoms with Gasteiger partial charge >= 0.3 is 21.7 Å². The van der Waals surface area contributed by atoms with E-state index in [0.717, 1.165) is 23.5 Å². The second-order valence-electron chi connectivity index (χ2n) is 5.91. The van der Waals surface area contributed by atoms with Gasteiger partial charge in [-0.1, -0.05) is 16.8 Å². The van der Waals surface area contributed by atoms with E-state index in [4.69, 9.17) is 16.1 Å². The van der Waals surface area contributed by atoms with Gasteiger partial charge in [0.15, 0.2) is 5.01 Å². The minimum atomic E-state index is -5.61. The highest BCUT2D eigenvalue weighted by Crippen LogP contribution is 2.34. The van der Waals surface area contributed by atoms with Gasteiger partial charge in [-0.05, 0) is 18.2 Å². The summed E-state index contributed by atoms with van der Waals surface area (Å²) in [4.78, 5) is 8.03. The van der Waals surface area contributed by atoms with E-state index in [1.807, 2.05) is 0 Å². The van der Waals surface area contributed by atoms with E-state index in [9.17, 15) is 34.8 Å². The first-order valence-electron chi connectivity index (χ1n) is 7.99. The van der Waals surface area contributed by atoms with E-state index in [0.29, 0.717) is 0 Å². The minimum absolute atomic E-state index is 0.0425. The van der Waals surface area contributed by atoms with Crippen molar-refractivity contribution in [3.63, 3.8) is 0 Å². The van der Waals surface area contributed by atoms with Crippen LogP contribution in [0.15, 0.2) is 28.1 Å². The summed E-state index contributed by atoms with van der Waals surface area (Å²) in [6, 6.07) is 3.29. The molecule has 168 valence electrons. The molecule has 0 aliphatic rings. The van der Waals surface area contributed by atoms with Crippen LogP contribution >= 0.6 is 22.9 Å². The molecule has 2 heterocycles. The molecule has 0 aliphatic heterocycles. The number of sulfonamides is 1. The molecule has 3 rings (SSSR count). The van der Waals surface area contributed by atoms with E-state index in [1.54, 1.807) is 0 Å². The number of alkyl halides is 6. The number of hydrogen-bond donors (Lipinski definition) is 1. The van der Waals surface area contributed by atoms with E-state index in [-0.39, 0.29) is 33.0 Å². The number of aromatic nitrogens is 3. The Labute approximate surface area is 179 Å². The predicted molar refractivity (Wildman–Crippen MR) is 98.8 cm³/mol. The lowest BCUT2D eigenvalue weighted by atomic mass is 10.1. The van der Waals surface area contributed by atoms with Crippen molar-refractivity contribution in [2.24, 2.45) is 0 Å². The van der Waals surface area contributed by atoms with Gasteiger partial charge in [-0.15, -0.1) is 11.3 Å². The topological polar surface area (TPSA) is 98.0 Å². The average Bonchev–Trinajstić information content (AvgIpc) is 3.27. The van der Waals surface area contributed by atoms with Crippen molar-refractivity contribution in [3.05, 3.63) is 34.5 Å². The summed E-state index contributed by atoms with van der Waals surface area (Å²) in [6.45, 7) is 0. The molecule has 0 spiro atoms. The summed E-state index contributed by atoms with van der Waals surface area (Å²) >= 11 is 7.07. The zero-order valence-electron chi connectivity index (χ0n) is 14.8. The summed E-state index contributed by atoms with van der Waals surface area (Å²) < 4.78 is 103. The van der Waals surface area contributed by atoms with E-state index in [2.05, 4.69) is 15.1 Å². The lowest BCUT2D eigenvalue weighted by molar-refractivity contribution is -0.134. The first-order chi connectivity index (χ1) is 14.2. The van der Waals surface area contributed by atoms with Gasteiger partial charge in [-0.2, -0.15) is 39.7 Å². The molecule has 0 fully saturated rings. The third-order valence-electron chi connectivity index (χ3n) is 3.59. The number of rotatable bonds is 6. The van der Waals surface area contributed by atoms with Crippen molar-refractivity contribution in [1.82, 2.24) is 15.1 Å². The number of anilines is 1. The van der Waals surface area contributed by atoms with Crippen LogP contribution in [0.25, 0.3) is 22.1 Å². The lowest BCUT2D eigenvalue weighted by Crippen LogP contribution is -2.29. The molecule has 3 aromatic rings. The van der Waals surface area contributed by atoms with Crippen molar-refractivity contribution in [1.29, 1.82) is 0 Å². The smallest absolute Gasteiger partial charge is 0.339 e. The standard InChI is InChI=1S/C15H9ClF6N4O3S2/c16-9-5-7(26-31(27,28)15(20,21)22)1-2-8(9)10-6-30-13(23-10)12-24-11(29-25-12)3-4-14(17,18)19/h1-2,5-6,26H,3-4H2. The van der Waals surface area contributed by atoms with Crippen LogP contribution in [0.2, 0.25) is 5.02 Å². The Morgan fingerprint density at radius 1 is 1.13 bits per heavy atom. The largest absolute Gasteiger partial charge is 0.516 e. The highest BCUT2D eigenvalue weighted by Gasteiger charge is 2.46. The van der Waals surface area contributed by atoms with Crippen molar-refractivity contribution in [3.8, 4) is 22.1 Å². The van der Waals surface area contributed by atoms with Crippen LogP contribution in [0.1, 0.15) is 12.3 Å². The summed E-state index contributed by atoms with van der Waals surface area (Å²) in [5.41, 5.74) is -5.38. The monoisotopic (exact) mass is 506 g/mol. The van der Waals surface area contributed by atoms with Gasteiger partial charge in [-0.3, -0.25) is 4.72 Å². The number of halogens is 7. The highest BCUT2D eigenvalue weighted by molar-refractivity contribution is 7.93. The van der Waals surface area contributed by atoms with Gasteiger partial charge in [0.25, 0.3) is 0 Å². The van der Waals surface area contributed by atoms with Crippen LogP contribution in [-0.4, -0.2) is 35.2 Å². The second-order valence-corrected chi connectivity index (χ2v) is 8.85. The fourth-order valence-corrected chi connectivity index (χ4v) is 3.76. The van der Waals surface area contributed by atoms with Gasteiger partial charge in [0, 0.05) is 17.4 Å². The quantitative estimate of drug-likeness (QED) is 0.457. The van der Waals surface area contributed by atoms with Crippen LogP contribution in [0.4, 0.5) is 32.0 Å². The van der Waals surface area contributed by atoms with Gasteiger partial charge in [0.2, 0.25) is 11.7 Å². The third-order valence-corrected chi connectivity index (χ3v) is 5.85. The Hall–Kier alpha value is -2.39. The molecule has 2 aromatic heterocycles. The van der Waals surface area contributed by atoms with Crippen LogP contribution in [0.5, 0.6) is 0 Å². The SMILES string of the molecule is O=S(=O)(Nc1ccc(-c2csc(-c3noc(CCC(F)(F)F)n3)n2)c(Cl)c1)C(F)(F)F. The number of thiazole rings is 1. The van der Waals surface area contributed by atoms with Crippen molar-refractivity contribution >= 4 is 38.6 Å². The van der Waals surface area contributed by atoms with Gasteiger partial charge in [0.05, 0.1) is 22.8 Å². The number of benzene rings is 1. The van der Waals surface area contributed by atoms with Crippen LogP contribution in [0, 0.1) is 0 Å². The maximum atomic E-state index is 12.5. The molecule has 0 amide bonds. The highest BCUT2D eigenvalue weighted by atomic mass is 35.5. The molecule has 0 aliphatic carbocycles. The molecule has 0 bridgehead atoms. The maximum absolute atomic E-state index is 12.5. The third kappa shape index (κ3) is 5.65. The second kappa shape index (κ2) is 8.27. The molecule has 1 N–H and O–H groups in total. The van der Waals surface area contributed by atoms with Crippen molar-refractivity contribution < 1.29 is 39.3 Å². The molecule has 1 aromatic carbocycles. The normalized spacial score (nSPS) is 12.9. The molecule has 0 radical (unpaired) electrons. The van der Waals surface area contributed by atoms with Gasteiger partial charge < -0.3 is 4.52 Å². The van der Waals surface area contributed by atoms with Crippen LogP contribution in [0.3, 0.4) is 0 Å². The van der Waals surface area contributed by atoms with E-state index in [1.165, 1.54) is 16.2 Å². The summed E-state index contributed by atoms with van der Waals surface area (Å²) in [6.07, 6.45) is -5.99. The molecule has 0 unspecified atom stereocenters. The molecule has 0 atom stereocenters. The molecule has 31 heavy (non-hydrogen) atoms. The first kappa shape index (κ1) is 23.3. The van der Waals surface area contributed by atoms with Crippen molar-refractivity contribution in [2.45, 2.75) is 24.5 Å². The predicted octanol–water partition coefficient (Wildman–Crippen LogP) is 5.27. The first-order valence-corrected chi connectivity index (χ1v) is 10.7. The van der Waals surface area contributed by atoms with Gasteiger partial charge in [-0.25, -0.2) is 4.98 Å². The Balaban J connectivity index is 1.78. The summed E-state index contributed by atoms with van der Waals surface area (Å²) in [7, 11) is -5.61. The number of aryl methyl sites for hydroxylation is 1. The maximum Gasteiger partial charge on any atom is 0.516 e. The average molecular weight is 507 g/mol. The lowest BCUT2D eigenvalue weighted by Gasteiger charge is -2.11. The molecular formula is C15H9ClF6N4O3S2. The Morgan fingerprint density at radius 3 is 2.45 bits per heavy atom. The number of hydrogen-bond acceptors (Lipinski definition) is 7. The van der Waals surface area contributed by atoms with E-state index >= 15 is 0 Å².